The van der Waals surface area contributed by atoms with Gasteiger partial charge in [0, 0.05) is 30.9 Å². The Hall–Kier alpha value is -1.86. The molecule has 0 aliphatic carbocycles. The first-order valence-electron chi connectivity index (χ1n) is 7.27. The van der Waals surface area contributed by atoms with E-state index in [0.717, 1.165) is 25.4 Å². The van der Waals surface area contributed by atoms with Gasteiger partial charge in [-0.1, -0.05) is 0 Å². The third-order valence-corrected chi connectivity index (χ3v) is 4.22. The van der Waals surface area contributed by atoms with E-state index < -0.39 is 4.92 Å². The lowest BCUT2D eigenvalue weighted by atomic mass is 10.2. The van der Waals surface area contributed by atoms with Crippen LogP contribution in [-0.2, 0) is 4.74 Å². The van der Waals surface area contributed by atoms with Crippen molar-refractivity contribution >= 4 is 17.1 Å². The number of nitrogens with two attached hydrogens (primary N) is 1. The summed E-state index contributed by atoms with van der Waals surface area (Å²) in [5, 5.41) is 14.0. The molecule has 21 heavy (non-hydrogen) atoms. The molecule has 2 aliphatic rings. The van der Waals surface area contributed by atoms with E-state index in [4.69, 9.17) is 10.5 Å². The Morgan fingerprint density at radius 1 is 1.52 bits per heavy atom. The van der Waals surface area contributed by atoms with Crippen molar-refractivity contribution in [3.05, 3.63) is 28.3 Å². The van der Waals surface area contributed by atoms with Crippen LogP contribution in [0, 0.1) is 10.1 Å². The van der Waals surface area contributed by atoms with E-state index in [2.05, 4.69) is 10.2 Å². The number of nitro groups is 1. The molecule has 114 valence electrons. The Morgan fingerprint density at radius 2 is 2.38 bits per heavy atom. The number of hydrogen-bond acceptors (Lipinski definition) is 6. The van der Waals surface area contributed by atoms with Crippen LogP contribution in [0.3, 0.4) is 0 Å². The van der Waals surface area contributed by atoms with Crippen LogP contribution in [0.4, 0.5) is 17.1 Å². The Balaban J connectivity index is 1.55. The summed E-state index contributed by atoms with van der Waals surface area (Å²) in [7, 11) is 0. The zero-order chi connectivity index (χ0) is 14.8. The van der Waals surface area contributed by atoms with Crippen LogP contribution in [0.15, 0.2) is 18.2 Å². The van der Waals surface area contributed by atoms with Gasteiger partial charge in [0.05, 0.1) is 17.6 Å². The minimum absolute atomic E-state index is 0.0608. The van der Waals surface area contributed by atoms with Gasteiger partial charge in [-0.3, -0.25) is 15.0 Å². The minimum atomic E-state index is -0.475. The first kappa shape index (κ1) is 14.1. The van der Waals surface area contributed by atoms with E-state index in [1.807, 2.05) is 0 Å². The fraction of sp³-hybridized carbons (Fsp3) is 0.571. The van der Waals surface area contributed by atoms with Gasteiger partial charge in [0.15, 0.2) is 0 Å². The van der Waals surface area contributed by atoms with Crippen LogP contribution in [0.5, 0.6) is 0 Å². The predicted molar refractivity (Wildman–Crippen MR) is 80.3 cm³/mol. The second-order valence-electron chi connectivity index (χ2n) is 5.66. The van der Waals surface area contributed by atoms with E-state index in [1.54, 1.807) is 12.1 Å². The third-order valence-electron chi connectivity index (χ3n) is 4.22. The Kier molecular flexibility index (Phi) is 3.94. The van der Waals surface area contributed by atoms with E-state index >= 15 is 0 Å². The number of rotatable bonds is 4. The molecule has 0 radical (unpaired) electrons. The van der Waals surface area contributed by atoms with Gasteiger partial charge < -0.3 is 15.8 Å². The van der Waals surface area contributed by atoms with Gasteiger partial charge in [0.25, 0.3) is 5.69 Å². The van der Waals surface area contributed by atoms with Crippen molar-refractivity contribution in [1.82, 2.24) is 4.90 Å². The first-order valence-corrected chi connectivity index (χ1v) is 7.27. The van der Waals surface area contributed by atoms with Crippen molar-refractivity contribution in [3.8, 4) is 0 Å². The molecule has 3 rings (SSSR count). The molecule has 0 aromatic heterocycles. The molecule has 1 aromatic rings. The fourth-order valence-electron chi connectivity index (χ4n) is 3.07. The van der Waals surface area contributed by atoms with Crippen molar-refractivity contribution in [3.63, 3.8) is 0 Å². The van der Waals surface area contributed by atoms with Gasteiger partial charge in [-0.15, -0.1) is 0 Å². The number of fused-ring (bicyclic) bond motifs is 1. The highest BCUT2D eigenvalue weighted by Gasteiger charge is 2.31. The van der Waals surface area contributed by atoms with Crippen molar-refractivity contribution in [2.45, 2.75) is 25.0 Å². The number of hydrogen-bond donors (Lipinski definition) is 2. The standard InChI is InChI=1S/C14H20N4O3/c15-13-6-10(3-4-14(13)18(19)20)16-7-12-8-17-5-1-2-11(17)9-21-12/h3-4,6,11-12,16H,1-2,5,7-9,15H2. The lowest BCUT2D eigenvalue weighted by Gasteiger charge is -2.35. The monoisotopic (exact) mass is 292 g/mol. The number of nitrogen functional groups attached to an aromatic ring is 1. The smallest absolute Gasteiger partial charge is 0.292 e. The lowest BCUT2D eigenvalue weighted by molar-refractivity contribution is -0.383. The summed E-state index contributed by atoms with van der Waals surface area (Å²) < 4.78 is 5.86. The molecule has 0 amide bonds. The number of anilines is 2. The SMILES string of the molecule is Nc1cc(NCC2CN3CCCC3CO2)ccc1[N+](=O)[O-]. The first-order chi connectivity index (χ1) is 10.1. The highest BCUT2D eigenvalue weighted by molar-refractivity contribution is 5.65. The molecule has 2 unspecified atom stereocenters. The van der Waals surface area contributed by atoms with Crippen LogP contribution < -0.4 is 11.1 Å². The molecule has 2 aliphatic heterocycles. The van der Waals surface area contributed by atoms with Crippen molar-refractivity contribution in [1.29, 1.82) is 0 Å². The maximum absolute atomic E-state index is 10.7. The molecular formula is C14H20N4O3. The van der Waals surface area contributed by atoms with Crippen LogP contribution >= 0.6 is 0 Å². The number of ether oxygens (including phenoxy) is 1. The van der Waals surface area contributed by atoms with Gasteiger partial charge in [-0.2, -0.15) is 0 Å². The van der Waals surface area contributed by atoms with Crippen molar-refractivity contribution in [2.24, 2.45) is 0 Å². The summed E-state index contributed by atoms with van der Waals surface area (Å²) in [6, 6.07) is 5.29. The molecule has 2 saturated heterocycles. The summed E-state index contributed by atoms with van der Waals surface area (Å²) >= 11 is 0. The highest BCUT2D eigenvalue weighted by Crippen LogP contribution is 2.26. The molecule has 2 atom stereocenters. The molecule has 0 saturated carbocycles. The topological polar surface area (TPSA) is 93.7 Å². The third kappa shape index (κ3) is 3.08. The van der Waals surface area contributed by atoms with Gasteiger partial charge in [-0.05, 0) is 31.5 Å². The summed E-state index contributed by atoms with van der Waals surface area (Å²) in [5.74, 6) is 0. The average molecular weight is 292 g/mol. The van der Waals surface area contributed by atoms with E-state index in [-0.39, 0.29) is 17.5 Å². The zero-order valence-corrected chi connectivity index (χ0v) is 11.8. The molecule has 7 nitrogen and oxygen atoms in total. The van der Waals surface area contributed by atoms with E-state index in [1.165, 1.54) is 18.9 Å². The Labute approximate surface area is 123 Å². The zero-order valence-electron chi connectivity index (χ0n) is 11.8. The van der Waals surface area contributed by atoms with Gasteiger partial charge in [0.2, 0.25) is 0 Å². The largest absolute Gasteiger partial charge is 0.393 e. The minimum Gasteiger partial charge on any atom is -0.393 e. The maximum atomic E-state index is 10.7. The Morgan fingerprint density at radius 3 is 3.14 bits per heavy atom. The predicted octanol–water partition coefficient (Wildman–Crippen LogP) is 1.45. The van der Waals surface area contributed by atoms with E-state index in [9.17, 15) is 10.1 Å². The Bertz CT molecular complexity index is 537. The summed E-state index contributed by atoms with van der Waals surface area (Å²) in [4.78, 5) is 12.7. The lowest BCUT2D eigenvalue weighted by Crippen LogP contribution is -2.48. The summed E-state index contributed by atoms with van der Waals surface area (Å²) in [6.07, 6.45) is 2.64. The highest BCUT2D eigenvalue weighted by atomic mass is 16.6. The number of nitrogens with zero attached hydrogens (tertiary/aromatic N) is 2. The number of nitro benzene ring substituents is 1. The molecule has 3 N–H and O–H groups in total. The second kappa shape index (κ2) is 5.87. The normalized spacial score (nSPS) is 25.5. The fourth-order valence-corrected chi connectivity index (χ4v) is 3.07. The van der Waals surface area contributed by atoms with Gasteiger partial charge in [-0.25, -0.2) is 0 Å². The average Bonchev–Trinajstić information content (AvgIpc) is 2.92. The molecule has 1 aromatic carbocycles. The molecular weight excluding hydrogens is 272 g/mol. The van der Waals surface area contributed by atoms with E-state index in [0.29, 0.717) is 12.6 Å². The van der Waals surface area contributed by atoms with Crippen LogP contribution in [0.25, 0.3) is 0 Å². The second-order valence-corrected chi connectivity index (χ2v) is 5.66. The summed E-state index contributed by atoms with van der Waals surface area (Å²) in [5.41, 5.74) is 6.58. The van der Waals surface area contributed by atoms with Crippen molar-refractivity contribution in [2.75, 3.05) is 37.3 Å². The van der Waals surface area contributed by atoms with Gasteiger partial charge >= 0.3 is 0 Å². The van der Waals surface area contributed by atoms with Crippen LogP contribution in [-0.4, -0.2) is 48.2 Å². The van der Waals surface area contributed by atoms with Gasteiger partial charge in [0.1, 0.15) is 5.69 Å². The quantitative estimate of drug-likeness (QED) is 0.495. The van der Waals surface area contributed by atoms with Crippen LogP contribution in [0.1, 0.15) is 12.8 Å². The van der Waals surface area contributed by atoms with Crippen molar-refractivity contribution < 1.29 is 9.66 Å². The number of morpholine rings is 1. The molecule has 2 heterocycles. The molecule has 7 heteroatoms. The van der Waals surface area contributed by atoms with Crippen LogP contribution in [0.2, 0.25) is 0 Å². The maximum Gasteiger partial charge on any atom is 0.292 e. The molecule has 0 spiro atoms. The summed E-state index contributed by atoms with van der Waals surface area (Å²) in [6.45, 7) is 3.59. The molecule has 0 bridgehead atoms. The molecule has 2 fully saturated rings. The number of benzene rings is 1. The number of nitrogens with one attached hydrogen (secondary N) is 1.